The first-order valence-electron chi connectivity index (χ1n) is 8.84. The summed E-state index contributed by atoms with van der Waals surface area (Å²) in [7, 11) is 3.75. The molecule has 138 valence electrons. The normalized spacial score (nSPS) is 26.9. The van der Waals surface area contributed by atoms with Crippen LogP contribution >= 0.6 is 11.6 Å². The van der Waals surface area contributed by atoms with Crippen molar-refractivity contribution in [2.75, 3.05) is 25.6 Å². The summed E-state index contributed by atoms with van der Waals surface area (Å²) in [5.74, 6) is 0.0351. The smallest absolute Gasteiger partial charge is 0.224 e. The highest BCUT2D eigenvalue weighted by Crippen LogP contribution is 2.33. The molecule has 1 aliphatic carbocycles. The Hall–Kier alpha value is -1.36. The van der Waals surface area contributed by atoms with Crippen LogP contribution in [-0.2, 0) is 9.53 Å². The number of carbonyl (C=O) groups excluding carboxylic acids is 1. The number of hydrogen-bond acceptors (Lipinski definition) is 3. The maximum Gasteiger partial charge on any atom is 0.224 e. The molecule has 1 fully saturated rings. The first-order chi connectivity index (χ1) is 12.0. The molecule has 5 heteroatoms. The van der Waals surface area contributed by atoms with Gasteiger partial charge in [-0.25, -0.2) is 0 Å². The molecule has 1 aliphatic rings. The van der Waals surface area contributed by atoms with Gasteiger partial charge in [-0.05, 0) is 38.4 Å². The van der Waals surface area contributed by atoms with E-state index < -0.39 is 0 Å². The Kier molecular flexibility index (Phi) is 7.48. The van der Waals surface area contributed by atoms with Crippen molar-refractivity contribution < 1.29 is 9.53 Å². The molecule has 1 aromatic carbocycles. The number of para-hydroxylation sites is 1. The molecule has 0 bridgehead atoms. The highest BCUT2D eigenvalue weighted by atomic mass is 35.5. The predicted molar refractivity (Wildman–Crippen MR) is 104 cm³/mol. The fourth-order valence-corrected chi connectivity index (χ4v) is 4.47. The van der Waals surface area contributed by atoms with E-state index in [9.17, 15) is 4.79 Å². The van der Waals surface area contributed by atoms with Crippen molar-refractivity contribution in [3.05, 3.63) is 43.0 Å². The van der Waals surface area contributed by atoms with Gasteiger partial charge in [-0.15, -0.1) is 18.2 Å². The number of halogens is 1. The Balaban J connectivity index is 2.44. The van der Waals surface area contributed by atoms with Gasteiger partial charge in [0.15, 0.2) is 0 Å². The fourth-order valence-electron chi connectivity index (χ4n) is 3.88. The molecule has 1 amide bonds. The largest absolute Gasteiger partial charge is 0.380 e. The van der Waals surface area contributed by atoms with Crippen LogP contribution in [0.4, 0.5) is 5.69 Å². The van der Waals surface area contributed by atoms with E-state index in [1.807, 2.05) is 48.4 Å². The van der Waals surface area contributed by atoms with Crippen LogP contribution < -0.4 is 4.90 Å². The number of alkyl halides is 1. The third-order valence-electron chi connectivity index (χ3n) is 5.00. The molecule has 0 aromatic heterocycles. The number of methoxy groups -OCH3 is 1. The molecule has 1 aromatic rings. The molecule has 0 N–H and O–H groups in total. The highest BCUT2D eigenvalue weighted by Gasteiger charge is 2.42. The Morgan fingerprint density at radius 2 is 2.04 bits per heavy atom. The monoisotopic (exact) mass is 364 g/mol. The summed E-state index contributed by atoms with van der Waals surface area (Å²) in [6.45, 7) is 6.18. The average Bonchev–Trinajstić information content (AvgIpc) is 2.74. The number of nitrogens with zero attached hydrogens (tertiary/aromatic N) is 2. The Bertz CT molecular complexity index is 566. The van der Waals surface area contributed by atoms with Gasteiger partial charge >= 0.3 is 0 Å². The number of likely N-dealkylation sites (N-methyl/N-ethyl adjacent to an activating group) is 1. The van der Waals surface area contributed by atoms with E-state index in [4.69, 9.17) is 16.3 Å². The average molecular weight is 365 g/mol. The van der Waals surface area contributed by atoms with Gasteiger partial charge in [0.05, 0.1) is 17.5 Å². The summed E-state index contributed by atoms with van der Waals surface area (Å²) < 4.78 is 5.65. The Morgan fingerprint density at radius 3 is 2.60 bits per heavy atom. The number of carbonyl (C=O) groups is 1. The van der Waals surface area contributed by atoms with E-state index >= 15 is 0 Å². The number of ether oxygens (including phenoxy) is 1. The van der Waals surface area contributed by atoms with E-state index in [0.29, 0.717) is 6.54 Å². The Morgan fingerprint density at radius 1 is 1.36 bits per heavy atom. The summed E-state index contributed by atoms with van der Waals surface area (Å²) in [4.78, 5) is 16.6. The second-order valence-electron chi connectivity index (χ2n) is 6.66. The second-order valence-corrected chi connectivity index (χ2v) is 7.16. The standard InChI is InChI=1S/C20H29ClN2O2/c1-5-14-22(3)20-17(12-9-13-18(25-4)19(20)21)23(15(2)24)16-10-7-6-8-11-16/h5-8,10-11,17-20H,1,9,12-14H2,2-4H3. The molecule has 1 saturated carbocycles. The van der Waals surface area contributed by atoms with Gasteiger partial charge in [0, 0.05) is 32.3 Å². The van der Waals surface area contributed by atoms with Gasteiger partial charge in [0.25, 0.3) is 0 Å². The maximum atomic E-state index is 12.6. The zero-order chi connectivity index (χ0) is 18.4. The van der Waals surface area contributed by atoms with Crippen LogP contribution in [-0.4, -0.2) is 55.1 Å². The van der Waals surface area contributed by atoms with Gasteiger partial charge in [0.1, 0.15) is 0 Å². The predicted octanol–water partition coefficient (Wildman–Crippen LogP) is 3.70. The van der Waals surface area contributed by atoms with E-state index in [0.717, 1.165) is 24.9 Å². The quantitative estimate of drug-likeness (QED) is 0.438. The lowest BCUT2D eigenvalue weighted by Gasteiger charge is -2.42. The van der Waals surface area contributed by atoms with Crippen LogP contribution in [0.5, 0.6) is 0 Å². The lowest BCUT2D eigenvalue weighted by atomic mass is 9.97. The van der Waals surface area contributed by atoms with Gasteiger partial charge in [0.2, 0.25) is 5.91 Å². The van der Waals surface area contributed by atoms with Crippen LogP contribution in [0.3, 0.4) is 0 Å². The summed E-state index contributed by atoms with van der Waals surface area (Å²) >= 11 is 6.88. The van der Waals surface area contributed by atoms with E-state index in [2.05, 4.69) is 11.5 Å². The van der Waals surface area contributed by atoms with Crippen molar-refractivity contribution in [2.24, 2.45) is 0 Å². The lowest BCUT2D eigenvalue weighted by Crippen LogP contribution is -2.57. The van der Waals surface area contributed by atoms with Crippen LogP contribution in [0, 0.1) is 0 Å². The van der Waals surface area contributed by atoms with Crippen molar-refractivity contribution >= 4 is 23.2 Å². The van der Waals surface area contributed by atoms with Gasteiger partial charge < -0.3 is 9.64 Å². The van der Waals surface area contributed by atoms with Crippen molar-refractivity contribution in [2.45, 2.75) is 49.8 Å². The second kappa shape index (κ2) is 9.37. The van der Waals surface area contributed by atoms with E-state index in [1.54, 1.807) is 14.0 Å². The molecule has 4 nitrogen and oxygen atoms in total. The molecule has 2 rings (SSSR count). The zero-order valence-electron chi connectivity index (χ0n) is 15.4. The minimum absolute atomic E-state index is 0.00694. The topological polar surface area (TPSA) is 32.8 Å². The van der Waals surface area contributed by atoms with Crippen LogP contribution in [0.1, 0.15) is 26.2 Å². The highest BCUT2D eigenvalue weighted by molar-refractivity contribution is 6.21. The minimum Gasteiger partial charge on any atom is -0.380 e. The Labute approximate surface area is 156 Å². The summed E-state index contributed by atoms with van der Waals surface area (Å²) in [6, 6.07) is 9.81. The lowest BCUT2D eigenvalue weighted by molar-refractivity contribution is -0.117. The third kappa shape index (κ3) is 4.63. The summed E-state index contributed by atoms with van der Waals surface area (Å²) in [5, 5.41) is -0.201. The van der Waals surface area contributed by atoms with Crippen LogP contribution in [0.2, 0.25) is 0 Å². The number of benzene rings is 1. The first-order valence-corrected chi connectivity index (χ1v) is 9.27. The van der Waals surface area contributed by atoms with Crippen LogP contribution in [0.25, 0.3) is 0 Å². The molecule has 0 spiro atoms. The molecule has 0 saturated heterocycles. The fraction of sp³-hybridized carbons (Fsp3) is 0.550. The summed E-state index contributed by atoms with van der Waals surface area (Å²) in [6.07, 6.45) is 4.62. The third-order valence-corrected chi connectivity index (χ3v) is 5.54. The molecule has 0 radical (unpaired) electrons. The molecule has 0 heterocycles. The van der Waals surface area contributed by atoms with Crippen molar-refractivity contribution in [3.8, 4) is 0 Å². The molecular formula is C20H29ClN2O2. The maximum absolute atomic E-state index is 12.6. The molecule has 4 atom stereocenters. The van der Waals surface area contributed by atoms with Gasteiger partial charge in [-0.3, -0.25) is 9.69 Å². The van der Waals surface area contributed by atoms with Crippen molar-refractivity contribution in [1.29, 1.82) is 0 Å². The van der Waals surface area contributed by atoms with Gasteiger partial charge in [-0.1, -0.05) is 24.3 Å². The molecule has 25 heavy (non-hydrogen) atoms. The summed E-state index contributed by atoms with van der Waals surface area (Å²) in [5.41, 5.74) is 0.914. The van der Waals surface area contributed by atoms with Crippen molar-refractivity contribution in [3.63, 3.8) is 0 Å². The molecular weight excluding hydrogens is 336 g/mol. The first kappa shape index (κ1) is 20.0. The molecule has 0 aliphatic heterocycles. The van der Waals surface area contributed by atoms with Crippen LogP contribution in [0.15, 0.2) is 43.0 Å². The zero-order valence-corrected chi connectivity index (χ0v) is 16.2. The minimum atomic E-state index is -0.201. The van der Waals surface area contributed by atoms with Crippen molar-refractivity contribution in [1.82, 2.24) is 4.90 Å². The number of amides is 1. The SMILES string of the molecule is C=CCN(C)C1C(Cl)C(OC)CCCC1N(C(C)=O)c1ccccc1. The number of anilines is 1. The number of hydrogen-bond donors (Lipinski definition) is 0. The number of rotatable bonds is 6. The van der Waals surface area contributed by atoms with E-state index in [-0.39, 0.29) is 29.5 Å². The van der Waals surface area contributed by atoms with Gasteiger partial charge in [-0.2, -0.15) is 0 Å². The van der Waals surface area contributed by atoms with E-state index in [1.165, 1.54) is 0 Å². The molecule has 4 unspecified atom stereocenters.